The van der Waals surface area contributed by atoms with Gasteiger partial charge < -0.3 is 30.5 Å². The number of fused-ring (bicyclic) bond motifs is 4. The molecule has 1 saturated heterocycles. The third-order valence-electron chi connectivity index (χ3n) is 10.3. The van der Waals surface area contributed by atoms with Crippen molar-refractivity contribution in [3.8, 4) is 16.9 Å². The molecule has 2 aliphatic heterocycles. The zero-order valence-electron chi connectivity index (χ0n) is 28.6. The van der Waals surface area contributed by atoms with Gasteiger partial charge in [-0.2, -0.15) is 8.42 Å². The zero-order valence-corrected chi connectivity index (χ0v) is 29.4. The van der Waals surface area contributed by atoms with E-state index in [2.05, 4.69) is 9.71 Å². The van der Waals surface area contributed by atoms with Gasteiger partial charge in [-0.3, -0.25) is 0 Å². The molecule has 1 aliphatic carbocycles. The lowest BCUT2D eigenvalue weighted by atomic mass is 9.88. The molecule has 11 nitrogen and oxygen atoms in total. The van der Waals surface area contributed by atoms with E-state index in [0.29, 0.717) is 36.9 Å². The van der Waals surface area contributed by atoms with Crippen LogP contribution in [0.3, 0.4) is 0 Å². The SMILES string of the molecule is Cc1c(C)c(S(=O)(=O)/N=C(\N)N2CCC[C@@H]([C@H](NC(=O)OCC3c4ccccc4-c4ccccc43)C(=O)O)C2)c(C)c2c1OC(C)(C)CC2. The molecule has 2 heterocycles. The Kier molecular flexibility index (Phi) is 9.12. The van der Waals surface area contributed by atoms with Gasteiger partial charge in [-0.15, -0.1) is 4.40 Å². The topological polar surface area (TPSA) is 161 Å². The molecular formula is C37H44N4O7S. The molecule has 1 fully saturated rings. The summed E-state index contributed by atoms with van der Waals surface area (Å²) < 4.78 is 43.5. The molecule has 4 N–H and O–H groups in total. The summed E-state index contributed by atoms with van der Waals surface area (Å²) in [6.07, 6.45) is 1.60. The third-order valence-corrected chi connectivity index (χ3v) is 11.8. The van der Waals surface area contributed by atoms with Crippen LogP contribution in [0, 0.1) is 26.7 Å². The molecule has 49 heavy (non-hydrogen) atoms. The van der Waals surface area contributed by atoms with E-state index in [9.17, 15) is 23.1 Å². The number of hydrogen-bond acceptors (Lipinski definition) is 6. The third kappa shape index (κ3) is 6.58. The van der Waals surface area contributed by atoms with Crippen molar-refractivity contribution >= 4 is 28.0 Å². The van der Waals surface area contributed by atoms with E-state index >= 15 is 0 Å². The second-order valence-corrected chi connectivity index (χ2v) is 15.5. The van der Waals surface area contributed by atoms with E-state index in [-0.39, 0.29) is 35.5 Å². The number of piperidine rings is 1. The molecule has 2 atom stereocenters. The maximum atomic E-state index is 13.8. The van der Waals surface area contributed by atoms with Crippen molar-refractivity contribution in [2.75, 3.05) is 19.7 Å². The van der Waals surface area contributed by atoms with E-state index in [4.69, 9.17) is 15.2 Å². The Labute approximate surface area is 287 Å². The number of carboxylic acids is 1. The highest BCUT2D eigenvalue weighted by Crippen LogP contribution is 2.45. The summed E-state index contributed by atoms with van der Waals surface area (Å²) in [7, 11) is -4.23. The van der Waals surface area contributed by atoms with Gasteiger partial charge in [0.25, 0.3) is 10.0 Å². The maximum Gasteiger partial charge on any atom is 0.407 e. The number of rotatable bonds is 7. The molecule has 0 spiro atoms. The number of nitrogens with two attached hydrogens (primary N) is 1. The fourth-order valence-electron chi connectivity index (χ4n) is 7.60. The highest BCUT2D eigenvalue weighted by molar-refractivity contribution is 7.90. The van der Waals surface area contributed by atoms with Crippen LogP contribution < -0.4 is 15.8 Å². The van der Waals surface area contributed by atoms with Crippen molar-refractivity contribution in [2.45, 2.75) is 82.8 Å². The Hall–Kier alpha value is -4.58. The van der Waals surface area contributed by atoms with Gasteiger partial charge in [0, 0.05) is 24.9 Å². The minimum Gasteiger partial charge on any atom is -0.487 e. The minimum absolute atomic E-state index is 0.0470. The molecule has 0 radical (unpaired) electrons. The summed E-state index contributed by atoms with van der Waals surface area (Å²) in [5.74, 6) is -1.45. The van der Waals surface area contributed by atoms with Crippen LogP contribution in [-0.2, 0) is 26.0 Å². The standard InChI is InChI=1S/C37H44N4O7S/c1-21-22(2)33(23(3)25-16-17-37(4,5)48-32(21)25)49(45,46)40-35(38)41-18-10-11-24(19-41)31(34(42)43)39-36(44)47-20-30-28-14-8-6-12-26(28)27-13-7-9-15-29(27)30/h6-9,12-15,24,30-31H,10-11,16-20H2,1-5H3,(H2,38,40)(H,39,44)(H,42,43)/t24-,31+/m1/s1. The summed E-state index contributed by atoms with van der Waals surface area (Å²) in [6, 6.07) is 14.6. The van der Waals surface area contributed by atoms with E-state index in [0.717, 1.165) is 45.6 Å². The number of hydrogen-bond donors (Lipinski definition) is 3. The van der Waals surface area contributed by atoms with Gasteiger partial charge in [-0.05, 0) is 105 Å². The Bertz CT molecular complexity index is 1910. The summed E-state index contributed by atoms with van der Waals surface area (Å²) >= 11 is 0. The number of amides is 1. The lowest BCUT2D eigenvalue weighted by molar-refractivity contribution is -0.141. The highest BCUT2D eigenvalue weighted by Gasteiger charge is 2.37. The number of nitrogens with one attached hydrogen (secondary N) is 1. The Morgan fingerprint density at radius 1 is 1.06 bits per heavy atom. The number of likely N-dealkylation sites (tertiary alicyclic amines) is 1. The quantitative estimate of drug-likeness (QED) is 0.217. The number of guanidine groups is 1. The van der Waals surface area contributed by atoms with Crippen LogP contribution in [0.25, 0.3) is 11.1 Å². The zero-order chi connectivity index (χ0) is 35.2. The van der Waals surface area contributed by atoms with Gasteiger partial charge in [-0.25, -0.2) is 9.59 Å². The molecule has 3 aromatic carbocycles. The van der Waals surface area contributed by atoms with Crippen molar-refractivity contribution < 1.29 is 32.6 Å². The molecule has 0 aromatic heterocycles. The van der Waals surface area contributed by atoms with Gasteiger partial charge in [0.15, 0.2) is 0 Å². The predicted octanol–water partition coefficient (Wildman–Crippen LogP) is 5.42. The van der Waals surface area contributed by atoms with E-state index in [1.165, 1.54) is 0 Å². The number of sulfonamides is 1. The summed E-state index contributed by atoms with van der Waals surface area (Å²) in [6.45, 7) is 9.94. The van der Waals surface area contributed by atoms with E-state index < -0.39 is 34.0 Å². The Morgan fingerprint density at radius 3 is 2.33 bits per heavy atom. The average molecular weight is 689 g/mol. The molecule has 0 bridgehead atoms. The van der Waals surface area contributed by atoms with Crippen molar-refractivity contribution in [1.29, 1.82) is 0 Å². The van der Waals surface area contributed by atoms with Crippen LogP contribution >= 0.6 is 0 Å². The minimum atomic E-state index is -4.23. The number of carbonyl (C=O) groups excluding carboxylic acids is 1. The fraction of sp³-hybridized carbons (Fsp3) is 0.432. The normalized spacial score (nSPS) is 19.2. The average Bonchev–Trinajstić information content (AvgIpc) is 3.38. The van der Waals surface area contributed by atoms with Crippen molar-refractivity contribution in [1.82, 2.24) is 10.2 Å². The van der Waals surface area contributed by atoms with Gasteiger partial charge in [-0.1, -0.05) is 48.5 Å². The van der Waals surface area contributed by atoms with Gasteiger partial charge >= 0.3 is 12.1 Å². The van der Waals surface area contributed by atoms with Crippen LogP contribution in [0.5, 0.6) is 5.75 Å². The molecule has 1 amide bonds. The number of ether oxygens (including phenoxy) is 2. The molecule has 3 aromatic rings. The number of alkyl carbamates (subject to hydrolysis) is 1. The molecule has 0 saturated carbocycles. The second kappa shape index (κ2) is 13.0. The van der Waals surface area contributed by atoms with Gasteiger partial charge in [0.05, 0.1) is 4.90 Å². The predicted molar refractivity (Wildman–Crippen MR) is 186 cm³/mol. The van der Waals surface area contributed by atoms with Crippen LogP contribution in [0.1, 0.15) is 72.4 Å². The van der Waals surface area contributed by atoms with Gasteiger partial charge in [0.2, 0.25) is 5.96 Å². The number of carboxylic acid groups (broad SMARTS) is 1. The number of carbonyl (C=O) groups is 2. The van der Waals surface area contributed by atoms with Crippen molar-refractivity contribution in [2.24, 2.45) is 16.0 Å². The molecular weight excluding hydrogens is 644 g/mol. The maximum absolute atomic E-state index is 13.8. The Morgan fingerprint density at radius 2 is 1.69 bits per heavy atom. The fourth-order valence-corrected chi connectivity index (χ4v) is 9.10. The van der Waals surface area contributed by atoms with Crippen LogP contribution in [-0.4, -0.2) is 67.8 Å². The van der Waals surface area contributed by atoms with Gasteiger partial charge in [0.1, 0.15) is 24.0 Å². The second-order valence-electron chi connectivity index (χ2n) is 13.9. The number of benzene rings is 3. The highest BCUT2D eigenvalue weighted by atomic mass is 32.2. The lowest BCUT2D eigenvalue weighted by Gasteiger charge is -2.36. The largest absolute Gasteiger partial charge is 0.487 e. The number of nitrogens with zero attached hydrogens (tertiary/aromatic N) is 2. The molecule has 12 heteroatoms. The summed E-state index contributed by atoms with van der Waals surface area (Å²) in [5, 5.41) is 12.7. The summed E-state index contributed by atoms with van der Waals surface area (Å²) in [4.78, 5) is 27.1. The first-order valence-electron chi connectivity index (χ1n) is 16.7. The Balaban J connectivity index is 1.15. The first-order valence-corrected chi connectivity index (χ1v) is 18.1. The van der Waals surface area contributed by atoms with Crippen LogP contribution in [0.15, 0.2) is 57.8 Å². The van der Waals surface area contributed by atoms with Crippen LogP contribution in [0.2, 0.25) is 0 Å². The number of aliphatic carboxylic acids is 1. The molecule has 260 valence electrons. The lowest BCUT2D eigenvalue weighted by Crippen LogP contribution is -2.53. The molecule has 3 aliphatic rings. The smallest absolute Gasteiger partial charge is 0.407 e. The van der Waals surface area contributed by atoms with Crippen molar-refractivity contribution in [3.63, 3.8) is 0 Å². The first kappa shape index (κ1) is 34.3. The van der Waals surface area contributed by atoms with E-state index in [1.54, 1.807) is 18.7 Å². The summed E-state index contributed by atoms with van der Waals surface area (Å²) in [5.41, 5.74) is 13.0. The van der Waals surface area contributed by atoms with Crippen LogP contribution in [0.4, 0.5) is 4.79 Å². The van der Waals surface area contributed by atoms with E-state index in [1.807, 2.05) is 69.3 Å². The first-order chi connectivity index (χ1) is 23.2. The van der Waals surface area contributed by atoms with Crippen molar-refractivity contribution in [3.05, 3.63) is 81.9 Å². The molecule has 0 unspecified atom stereocenters. The molecule has 6 rings (SSSR count). The monoisotopic (exact) mass is 688 g/mol.